The van der Waals surface area contributed by atoms with E-state index in [-0.39, 0.29) is 17.4 Å². The van der Waals surface area contributed by atoms with Crippen molar-refractivity contribution in [2.24, 2.45) is 5.73 Å². The van der Waals surface area contributed by atoms with E-state index >= 15 is 0 Å². The van der Waals surface area contributed by atoms with Crippen molar-refractivity contribution in [2.45, 2.75) is 32.6 Å². The molecule has 0 unspecified atom stereocenters. The van der Waals surface area contributed by atoms with E-state index in [1.807, 2.05) is 26.1 Å². The van der Waals surface area contributed by atoms with Crippen LogP contribution >= 0.6 is 0 Å². The maximum Gasteiger partial charge on any atom is 0.250 e. The van der Waals surface area contributed by atoms with E-state index in [1.165, 1.54) is 0 Å². The number of aryl methyl sites for hydroxylation is 2. The van der Waals surface area contributed by atoms with Crippen molar-refractivity contribution in [3.05, 3.63) is 40.8 Å². The number of aromatic amines is 2. The van der Waals surface area contributed by atoms with Gasteiger partial charge in [0.1, 0.15) is 9.84 Å². The second kappa shape index (κ2) is 6.23. The van der Waals surface area contributed by atoms with Gasteiger partial charge in [0.25, 0.3) is 5.91 Å². The molecule has 4 rings (SSSR count). The lowest BCUT2D eigenvalue weighted by Crippen LogP contribution is -2.22. The first-order valence-corrected chi connectivity index (χ1v) is 10.8. The van der Waals surface area contributed by atoms with Crippen LogP contribution < -0.4 is 5.73 Å². The monoisotopic (exact) mass is 386 g/mol. The molecule has 7 nitrogen and oxygen atoms in total. The minimum atomic E-state index is -2.93. The van der Waals surface area contributed by atoms with Gasteiger partial charge in [0.15, 0.2) is 0 Å². The quantitative estimate of drug-likeness (QED) is 0.640. The van der Waals surface area contributed by atoms with Crippen molar-refractivity contribution >= 4 is 26.6 Å². The maximum atomic E-state index is 12.1. The number of fused-ring (bicyclic) bond motifs is 1. The molecular formula is C19H22N4O3S. The molecule has 142 valence electrons. The molecule has 0 spiro atoms. The van der Waals surface area contributed by atoms with Crippen LogP contribution in [0.15, 0.2) is 18.3 Å². The summed E-state index contributed by atoms with van der Waals surface area (Å²) in [6.45, 7) is 3.85. The summed E-state index contributed by atoms with van der Waals surface area (Å²) in [7, 11) is -2.93. The van der Waals surface area contributed by atoms with E-state index in [4.69, 9.17) is 5.73 Å². The molecule has 1 aliphatic heterocycles. The van der Waals surface area contributed by atoms with Crippen molar-refractivity contribution in [2.75, 3.05) is 11.5 Å². The van der Waals surface area contributed by atoms with Crippen LogP contribution in [0.5, 0.6) is 0 Å². The summed E-state index contributed by atoms with van der Waals surface area (Å²) >= 11 is 0. The molecule has 1 aliphatic rings. The van der Waals surface area contributed by atoms with Crippen molar-refractivity contribution in [1.29, 1.82) is 0 Å². The number of amides is 1. The third kappa shape index (κ3) is 3.03. The highest BCUT2D eigenvalue weighted by Gasteiger charge is 2.27. The first kappa shape index (κ1) is 17.8. The van der Waals surface area contributed by atoms with Crippen LogP contribution in [0.3, 0.4) is 0 Å². The predicted octanol–water partition coefficient (Wildman–Crippen LogP) is 2.57. The van der Waals surface area contributed by atoms with Crippen LogP contribution in [0.4, 0.5) is 0 Å². The van der Waals surface area contributed by atoms with Crippen LogP contribution in [-0.2, 0) is 9.84 Å². The van der Waals surface area contributed by atoms with Crippen LogP contribution in [0.25, 0.3) is 22.0 Å². The van der Waals surface area contributed by atoms with Crippen molar-refractivity contribution < 1.29 is 13.2 Å². The average Bonchev–Trinajstić information content (AvgIpc) is 3.17. The van der Waals surface area contributed by atoms with Gasteiger partial charge < -0.3 is 10.7 Å². The zero-order chi connectivity index (χ0) is 19.3. The summed E-state index contributed by atoms with van der Waals surface area (Å²) < 4.78 is 23.6. The number of nitrogens with one attached hydrogen (secondary N) is 2. The number of carbonyl (C=O) groups is 1. The molecule has 1 fully saturated rings. The number of hydrogen-bond acceptors (Lipinski definition) is 4. The lowest BCUT2D eigenvalue weighted by atomic mass is 9.90. The van der Waals surface area contributed by atoms with Gasteiger partial charge in [0, 0.05) is 22.8 Å². The predicted molar refractivity (Wildman–Crippen MR) is 105 cm³/mol. The van der Waals surface area contributed by atoms with E-state index in [0.29, 0.717) is 23.9 Å². The minimum Gasteiger partial charge on any atom is -0.366 e. The lowest BCUT2D eigenvalue weighted by Gasteiger charge is -2.21. The molecule has 8 heteroatoms. The zero-order valence-electron chi connectivity index (χ0n) is 15.3. The number of nitrogens with two attached hydrogens (primary N) is 1. The highest BCUT2D eigenvalue weighted by Crippen LogP contribution is 2.38. The zero-order valence-corrected chi connectivity index (χ0v) is 16.1. The molecule has 2 aromatic heterocycles. The van der Waals surface area contributed by atoms with Gasteiger partial charge >= 0.3 is 0 Å². The van der Waals surface area contributed by atoms with Gasteiger partial charge in [-0.25, -0.2) is 8.42 Å². The van der Waals surface area contributed by atoms with Gasteiger partial charge in [-0.2, -0.15) is 5.10 Å². The number of sulfone groups is 1. The molecule has 0 bridgehead atoms. The van der Waals surface area contributed by atoms with E-state index in [2.05, 4.69) is 15.2 Å². The third-order valence-electron chi connectivity index (χ3n) is 5.50. The fraction of sp³-hybridized carbons (Fsp3) is 0.368. The first-order chi connectivity index (χ1) is 12.8. The molecule has 27 heavy (non-hydrogen) atoms. The van der Waals surface area contributed by atoms with Crippen molar-refractivity contribution in [3.63, 3.8) is 0 Å². The Hall–Kier alpha value is -2.61. The summed E-state index contributed by atoms with van der Waals surface area (Å²) in [6.07, 6.45) is 3.07. The minimum absolute atomic E-state index is 0.143. The largest absolute Gasteiger partial charge is 0.366 e. The first-order valence-electron chi connectivity index (χ1n) is 8.94. The average molecular weight is 386 g/mol. The van der Waals surface area contributed by atoms with Crippen LogP contribution in [0.2, 0.25) is 0 Å². The molecular weight excluding hydrogens is 364 g/mol. The van der Waals surface area contributed by atoms with E-state index in [0.717, 1.165) is 33.5 Å². The Labute approximate surface area is 157 Å². The summed E-state index contributed by atoms with van der Waals surface area (Å²) in [5, 5.41) is 8.14. The Kier molecular flexibility index (Phi) is 4.10. The van der Waals surface area contributed by atoms with Crippen LogP contribution in [-0.4, -0.2) is 41.0 Å². The Bertz CT molecular complexity index is 1120. The van der Waals surface area contributed by atoms with Crippen LogP contribution in [0, 0.1) is 13.8 Å². The Morgan fingerprint density at radius 1 is 1.22 bits per heavy atom. The Balaban J connectivity index is 1.89. The number of H-pyrrole nitrogens is 2. The molecule has 1 saturated heterocycles. The van der Waals surface area contributed by atoms with Crippen LogP contribution in [0.1, 0.15) is 46.1 Å². The molecule has 4 N–H and O–H groups in total. The third-order valence-corrected chi connectivity index (χ3v) is 7.21. The normalized spacial score (nSPS) is 17.4. The molecule has 0 radical (unpaired) electrons. The second-order valence-electron chi connectivity index (χ2n) is 7.29. The Morgan fingerprint density at radius 3 is 2.52 bits per heavy atom. The van der Waals surface area contributed by atoms with E-state index in [1.54, 1.807) is 6.07 Å². The number of primary amides is 1. The number of aromatic nitrogens is 3. The number of benzene rings is 1. The molecule has 1 aromatic carbocycles. The smallest absolute Gasteiger partial charge is 0.250 e. The fourth-order valence-corrected chi connectivity index (χ4v) is 5.60. The highest BCUT2D eigenvalue weighted by atomic mass is 32.2. The van der Waals surface area contributed by atoms with Gasteiger partial charge in [-0.1, -0.05) is 0 Å². The van der Waals surface area contributed by atoms with Gasteiger partial charge in [-0.05, 0) is 55.9 Å². The summed E-state index contributed by atoms with van der Waals surface area (Å²) in [6, 6.07) is 3.84. The maximum absolute atomic E-state index is 12.1. The molecule has 0 aliphatic carbocycles. The summed E-state index contributed by atoms with van der Waals surface area (Å²) in [5.74, 6) is 0.0457. The molecule has 0 saturated carbocycles. The number of nitrogens with zero attached hydrogens (tertiary/aromatic N) is 1. The van der Waals surface area contributed by atoms with E-state index < -0.39 is 15.7 Å². The summed E-state index contributed by atoms with van der Waals surface area (Å²) in [4.78, 5) is 15.3. The highest BCUT2D eigenvalue weighted by molar-refractivity contribution is 7.91. The number of carbonyl (C=O) groups excluding carboxylic acids is 1. The summed E-state index contributed by atoms with van der Waals surface area (Å²) in [5.41, 5.74) is 11.4. The number of rotatable bonds is 3. The second-order valence-corrected chi connectivity index (χ2v) is 9.59. The number of hydrogen-bond donors (Lipinski definition) is 3. The molecule has 0 atom stereocenters. The Morgan fingerprint density at radius 2 is 1.93 bits per heavy atom. The van der Waals surface area contributed by atoms with E-state index in [9.17, 15) is 13.2 Å². The van der Waals surface area contributed by atoms with Crippen molar-refractivity contribution in [1.82, 2.24) is 15.2 Å². The standard InChI is InChI=1S/C19H22N4O3S/c1-10-17(11(2)23-22-10)13-7-14-16(12-3-5-27(25,26)6-4-12)9-21-18(14)15(8-13)19(20)24/h7-9,12,21H,3-6H2,1-2H3,(H2,20,24)(H,22,23). The van der Waals surface area contributed by atoms with Crippen molar-refractivity contribution in [3.8, 4) is 11.1 Å². The molecule has 3 heterocycles. The van der Waals surface area contributed by atoms with Gasteiger partial charge in [0.05, 0.1) is 28.3 Å². The fourth-order valence-electron chi connectivity index (χ4n) is 4.11. The molecule has 1 amide bonds. The topological polar surface area (TPSA) is 122 Å². The molecule has 3 aromatic rings. The van der Waals surface area contributed by atoms with Gasteiger partial charge in [-0.15, -0.1) is 0 Å². The van der Waals surface area contributed by atoms with Gasteiger partial charge in [0.2, 0.25) is 0 Å². The lowest BCUT2D eigenvalue weighted by molar-refractivity contribution is 0.100. The SMILES string of the molecule is Cc1n[nH]c(C)c1-c1cc(C(N)=O)c2[nH]cc(C3CCS(=O)(=O)CC3)c2c1. The van der Waals surface area contributed by atoms with Gasteiger partial charge in [-0.3, -0.25) is 9.89 Å².